The molecule has 0 N–H and O–H groups in total. The van der Waals surface area contributed by atoms with Gasteiger partial charge >= 0.3 is 0 Å². The smallest absolute Gasteiger partial charge is 0.230 e. The molecule has 0 heterocycles. The van der Waals surface area contributed by atoms with E-state index in [2.05, 4.69) is 27.7 Å². The highest BCUT2D eigenvalue weighted by molar-refractivity contribution is 6.27. The average Bonchev–Trinajstić information content (AvgIpc) is 1.78. The summed E-state index contributed by atoms with van der Waals surface area (Å²) in [4.78, 5) is 0. The van der Waals surface area contributed by atoms with Crippen LogP contribution in [0.2, 0.25) is 6.04 Å². The maximum Gasteiger partial charge on any atom is 0.230 e. The van der Waals surface area contributed by atoms with Crippen molar-refractivity contribution in [2.24, 2.45) is 0 Å². The highest BCUT2D eigenvalue weighted by atomic mass is 28.2. The molecule has 0 aromatic rings. The van der Waals surface area contributed by atoms with E-state index in [0.29, 0.717) is 9.76 Å². The van der Waals surface area contributed by atoms with E-state index in [-0.39, 0.29) is 5.60 Å². The van der Waals surface area contributed by atoms with Crippen molar-refractivity contribution in [1.29, 1.82) is 0 Å². The molecule has 2 radical (unpaired) electrons. The molecule has 0 amide bonds. The van der Waals surface area contributed by atoms with E-state index in [4.69, 9.17) is 4.43 Å². The Bertz CT molecular complexity index is 75.8. The van der Waals surface area contributed by atoms with Crippen LogP contribution < -0.4 is 0 Å². The van der Waals surface area contributed by atoms with Gasteiger partial charge in [-0.05, 0) is 26.8 Å². The van der Waals surface area contributed by atoms with Gasteiger partial charge in [-0.3, -0.25) is 0 Å². The fourth-order valence-corrected chi connectivity index (χ4v) is 1.55. The largest absolute Gasteiger partial charge is 0.413 e. The third kappa shape index (κ3) is 8.18. The molecule has 60 valence electrons. The lowest BCUT2D eigenvalue weighted by atomic mass is 10.2. The van der Waals surface area contributed by atoms with Gasteiger partial charge in [-0.1, -0.05) is 19.8 Å². The molecule has 0 aromatic carbocycles. The van der Waals surface area contributed by atoms with Crippen molar-refractivity contribution in [3.8, 4) is 0 Å². The summed E-state index contributed by atoms with van der Waals surface area (Å²) in [5.41, 5.74) is 0.0617. The van der Waals surface area contributed by atoms with Crippen LogP contribution in [0.5, 0.6) is 0 Å². The van der Waals surface area contributed by atoms with Gasteiger partial charge in [0.05, 0.1) is 0 Å². The van der Waals surface area contributed by atoms with Gasteiger partial charge < -0.3 is 4.43 Å². The van der Waals surface area contributed by atoms with Crippen LogP contribution in [0, 0.1) is 0 Å². The molecule has 0 aliphatic rings. The van der Waals surface area contributed by atoms with Crippen molar-refractivity contribution >= 4 is 9.76 Å². The summed E-state index contributed by atoms with van der Waals surface area (Å²) in [5.74, 6) is 0. The first-order valence-corrected chi connectivity index (χ1v) is 5.08. The number of rotatable bonds is 4. The van der Waals surface area contributed by atoms with Crippen molar-refractivity contribution in [3.05, 3.63) is 0 Å². The van der Waals surface area contributed by atoms with E-state index >= 15 is 0 Å². The van der Waals surface area contributed by atoms with Gasteiger partial charge in [-0.25, -0.2) is 0 Å². The van der Waals surface area contributed by atoms with Gasteiger partial charge in [-0.2, -0.15) is 0 Å². The predicted octanol–water partition coefficient (Wildman–Crippen LogP) is 2.64. The zero-order valence-corrected chi connectivity index (χ0v) is 8.53. The van der Waals surface area contributed by atoms with Crippen LogP contribution in [-0.2, 0) is 4.43 Å². The molecule has 0 aromatic heterocycles. The molecule has 0 aliphatic carbocycles. The first-order valence-electron chi connectivity index (χ1n) is 3.97. The van der Waals surface area contributed by atoms with Gasteiger partial charge in [0, 0.05) is 5.60 Å². The Morgan fingerprint density at radius 2 is 1.90 bits per heavy atom. The summed E-state index contributed by atoms with van der Waals surface area (Å²) in [6, 6.07) is 1.23. The molecule has 0 unspecified atom stereocenters. The minimum atomic E-state index is 0.0617. The second kappa shape index (κ2) is 4.91. The Kier molecular flexibility index (Phi) is 5.00. The van der Waals surface area contributed by atoms with Crippen LogP contribution in [-0.4, -0.2) is 15.4 Å². The summed E-state index contributed by atoms with van der Waals surface area (Å²) in [6.45, 7) is 8.52. The minimum Gasteiger partial charge on any atom is -0.413 e. The molecule has 0 atom stereocenters. The van der Waals surface area contributed by atoms with E-state index in [1.807, 2.05) is 0 Å². The Balaban J connectivity index is 3.04. The SMILES string of the molecule is CCCC[Si]OC(C)(C)C. The normalized spacial score (nSPS) is 12.0. The zero-order valence-electron chi connectivity index (χ0n) is 7.53. The molecule has 1 nitrogen and oxygen atoms in total. The summed E-state index contributed by atoms with van der Waals surface area (Å²) >= 11 is 0. The van der Waals surface area contributed by atoms with Gasteiger partial charge in [0.1, 0.15) is 0 Å². The van der Waals surface area contributed by atoms with Crippen LogP contribution in [0.4, 0.5) is 0 Å². The average molecular weight is 158 g/mol. The Labute approximate surface area is 67.1 Å². The lowest BCUT2D eigenvalue weighted by Gasteiger charge is -2.18. The van der Waals surface area contributed by atoms with Crippen LogP contribution in [0.1, 0.15) is 40.5 Å². The molecule has 0 saturated carbocycles. The van der Waals surface area contributed by atoms with Crippen molar-refractivity contribution < 1.29 is 4.43 Å². The molecule has 0 saturated heterocycles. The lowest BCUT2D eigenvalue weighted by molar-refractivity contribution is 0.138. The van der Waals surface area contributed by atoms with E-state index in [9.17, 15) is 0 Å². The van der Waals surface area contributed by atoms with Crippen LogP contribution >= 0.6 is 0 Å². The quantitative estimate of drug-likeness (QED) is 0.451. The Morgan fingerprint density at radius 3 is 2.30 bits per heavy atom. The minimum absolute atomic E-state index is 0.0617. The van der Waals surface area contributed by atoms with E-state index in [1.54, 1.807) is 0 Å². The predicted molar refractivity (Wildman–Crippen MR) is 46.3 cm³/mol. The summed E-state index contributed by atoms with van der Waals surface area (Å²) in [5, 5.41) is 0. The summed E-state index contributed by atoms with van der Waals surface area (Å²) in [6.07, 6.45) is 2.58. The molecule has 0 spiro atoms. The van der Waals surface area contributed by atoms with Crippen LogP contribution in [0.25, 0.3) is 0 Å². The number of hydrogen-bond acceptors (Lipinski definition) is 1. The lowest BCUT2D eigenvalue weighted by Crippen LogP contribution is -2.21. The third-order valence-corrected chi connectivity index (χ3v) is 2.33. The topological polar surface area (TPSA) is 9.23 Å². The van der Waals surface area contributed by atoms with Crippen LogP contribution in [0.3, 0.4) is 0 Å². The van der Waals surface area contributed by atoms with Gasteiger partial charge in [0.25, 0.3) is 0 Å². The monoisotopic (exact) mass is 158 g/mol. The van der Waals surface area contributed by atoms with Gasteiger partial charge in [0.15, 0.2) is 0 Å². The Morgan fingerprint density at radius 1 is 1.30 bits per heavy atom. The first-order chi connectivity index (χ1) is 4.56. The molecule has 2 heteroatoms. The van der Waals surface area contributed by atoms with E-state index in [0.717, 1.165) is 0 Å². The number of unbranched alkanes of at least 4 members (excludes halogenated alkanes) is 1. The number of hydrogen-bond donors (Lipinski definition) is 0. The van der Waals surface area contributed by atoms with Crippen molar-refractivity contribution in [2.75, 3.05) is 0 Å². The highest BCUT2D eigenvalue weighted by Gasteiger charge is 2.08. The molecule has 0 aliphatic heterocycles. The zero-order chi connectivity index (χ0) is 8.04. The summed E-state index contributed by atoms with van der Waals surface area (Å²) < 4.78 is 5.56. The second-order valence-electron chi connectivity index (χ2n) is 3.46. The highest BCUT2D eigenvalue weighted by Crippen LogP contribution is 2.06. The molecule has 0 bridgehead atoms. The Hall–Kier alpha value is 0.177. The molecule has 10 heavy (non-hydrogen) atoms. The van der Waals surface area contributed by atoms with Gasteiger partial charge in [-0.15, -0.1) is 0 Å². The maximum atomic E-state index is 5.56. The maximum absolute atomic E-state index is 5.56. The van der Waals surface area contributed by atoms with Crippen molar-refractivity contribution in [1.82, 2.24) is 0 Å². The fraction of sp³-hybridized carbons (Fsp3) is 1.00. The third-order valence-electron chi connectivity index (χ3n) is 1.01. The van der Waals surface area contributed by atoms with Crippen LogP contribution in [0.15, 0.2) is 0 Å². The second-order valence-corrected chi connectivity index (χ2v) is 4.46. The van der Waals surface area contributed by atoms with Crippen molar-refractivity contribution in [2.45, 2.75) is 52.2 Å². The molecular formula is C8H18OSi. The molecule has 0 rings (SSSR count). The van der Waals surface area contributed by atoms with Crippen molar-refractivity contribution in [3.63, 3.8) is 0 Å². The van der Waals surface area contributed by atoms with Gasteiger partial charge in [0.2, 0.25) is 9.76 Å². The first kappa shape index (κ1) is 10.2. The fourth-order valence-electron chi connectivity index (χ4n) is 0.516. The molecular weight excluding hydrogens is 140 g/mol. The van der Waals surface area contributed by atoms with E-state index < -0.39 is 0 Å². The standard InChI is InChI=1S/C8H18OSi/c1-5-6-7-10-9-8(2,3)4/h5-7H2,1-4H3. The summed E-state index contributed by atoms with van der Waals surface area (Å²) in [7, 11) is 0.690. The molecule has 0 fully saturated rings. The van der Waals surface area contributed by atoms with E-state index in [1.165, 1.54) is 18.9 Å².